The Morgan fingerprint density at radius 1 is 1.00 bits per heavy atom. The highest BCUT2D eigenvalue weighted by molar-refractivity contribution is 5.81. The van der Waals surface area contributed by atoms with Gasteiger partial charge in [0.25, 0.3) is 0 Å². The number of aromatic nitrogens is 2. The van der Waals surface area contributed by atoms with Crippen molar-refractivity contribution in [3.8, 4) is 5.75 Å². The lowest BCUT2D eigenvalue weighted by Crippen LogP contribution is -2.49. The predicted octanol–water partition coefficient (Wildman–Crippen LogP) is 2.49. The Labute approximate surface area is 187 Å². The fourth-order valence-electron chi connectivity index (χ4n) is 4.85. The number of hydrogen-bond donors (Lipinski definition) is 0. The second kappa shape index (κ2) is 8.82. The van der Waals surface area contributed by atoms with Gasteiger partial charge in [0, 0.05) is 45.7 Å². The number of imidazole rings is 1. The second-order valence-electron chi connectivity index (χ2n) is 8.71. The molecule has 0 atom stereocenters. The van der Waals surface area contributed by atoms with Gasteiger partial charge >= 0.3 is 5.69 Å². The number of carbonyl (C=O) groups is 1. The summed E-state index contributed by atoms with van der Waals surface area (Å²) in [4.78, 5) is 30.3. The normalized spacial score (nSPS) is 16.3. The smallest absolute Gasteiger partial charge is 0.329 e. The van der Waals surface area contributed by atoms with Crippen molar-refractivity contribution >= 4 is 16.9 Å². The Bertz CT molecular complexity index is 1190. The maximum Gasteiger partial charge on any atom is 0.329 e. The molecular formula is C25H30N4O3. The maximum absolute atomic E-state index is 13.0. The molecule has 0 spiro atoms. The van der Waals surface area contributed by atoms with Crippen LogP contribution >= 0.6 is 0 Å². The number of piperazine rings is 1. The molecule has 32 heavy (non-hydrogen) atoms. The molecule has 7 nitrogen and oxygen atoms in total. The molecule has 5 rings (SSSR count). The first-order valence-corrected chi connectivity index (χ1v) is 11.6. The molecule has 0 unspecified atom stereocenters. The third-order valence-corrected chi connectivity index (χ3v) is 6.55. The number of nitrogens with zero attached hydrogens (tertiary/aromatic N) is 4. The third kappa shape index (κ3) is 3.93. The molecule has 2 aliphatic heterocycles. The first kappa shape index (κ1) is 20.8. The molecule has 0 saturated carbocycles. The van der Waals surface area contributed by atoms with Gasteiger partial charge < -0.3 is 9.64 Å². The fraction of sp³-hybridized carbons (Fsp3) is 0.440. The molecule has 1 aromatic heterocycles. The number of amides is 1. The highest BCUT2D eigenvalue weighted by atomic mass is 16.5. The van der Waals surface area contributed by atoms with E-state index >= 15 is 0 Å². The number of para-hydroxylation sites is 2. The molecule has 1 fully saturated rings. The van der Waals surface area contributed by atoms with Crippen LogP contribution in [0, 0.1) is 0 Å². The van der Waals surface area contributed by atoms with Gasteiger partial charge in [-0.05, 0) is 35.7 Å². The first-order valence-electron chi connectivity index (χ1n) is 11.6. The molecule has 0 bridgehead atoms. The van der Waals surface area contributed by atoms with Crippen LogP contribution in [0.2, 0.25) is 0 Å². The molecule has 3 aromatic rings. The Morgan fingerprint density at radius 3 is 2.50 bits per heavy atom. The Morgan fingerprint density at radius 2 is 1.75 bits per heavy atom. The average Bonchev–Trinajstić information content (AvgIpc) is 3.38. The zero-order chi connectivity index (χ0) is 22.1. The van der Waals surface area contributed by atoms with Crippen molar-refractivity contribution in [2.45, 2.75) is 39.4 Å². The van der Waals surface area contributed by atoms with E-state index in [9.17, 15) is 9.59 Å². The minimum atomic E-state index is -0.0966. The van der Waals surface area contributed by atoms with Crippen LogP contribution in [0.15, 0.2) is 47.3 Å². The minimum Gasteiger partial charge on any atom is -0.493 e. The molecule has 0 aliphatic carbocycles. The first-order chi connectivity index (χ1) is 15.6. The molecule has 1 amide bonds. The number of benzene rings is 2. The molecule has 3 heterocycles. The number of carbonyl (C=O) groups excluding carboxylic acids is 1. The van der Waals surface area contributed by atoms with Gasteiger partial charge in [0.15, 0.2) is 0 Å². The van der Waals surface area contributed by atoms with E-state index in [4.69, 9.17) is 4.74 Å². The van der Waals surface area contributed by atoms with Crippen LogP contribution in [0.3, 0.4) is 0 Å². The summed E-state index contributed by atoms with van der Waals surface area (Å²) in [6, 6.07) is 14.2. The summed E-state index contributed by atoms with van der Waals surface area (Å²) in [6.45, 7) is 7.54. The largest absolute Gasteiger partial charge is 0.493 e. The van der Waals surface area contributed by atoms with Crippen molar-refractivity contribution in [3.05, 3.63) is 64.1 Å². The topological polar surface area (TPSA) is 59.7 Å². The molecule has 168 valence electrons. The number of rotatable bonds is 6. The van der Waals surface area contributed by atoms with Gasteiger partial charge in [-0.3, -0.25) is 18.8 Å². The van der Waals surface area contributed by atoms with Crippen molar-refractivity contribution in [3.63, 3.8) is 0 Å². The van der Waals surface area contributed by atoms with Crippen LogP contribution < -0.4 is 10.4 Å². The number of hydrogen-bond acceptors (Lipinski definition) is 4. The van der Waals surface area contributed by atoms with Gasteiger partial charge in [0.1, 0.15) is 12.3 Å². The Hall–Kier alpha value is -3.06. The fourth-order valence-corrected chi connectivity index (χ4v) is 4.85. The monoisotopic (exact) mass is 434 g/mol. The van der Waals surface area contributed by atoms with Crippen LogP contribution in [0.5, 0.6) is 5.75 Å². The summed E-state index contributed by atoms with van der Waals surface area (Å²) in [5.41, 5.74) is 4.23. The van der Waals surface area contributed by atoms with E-state index < -0.39 is 0 Å². The second-order valence-corrected chi connectivity index (χ2v) is 8.71. The van der Waals surface area contributed by atoms with Crippen LogP contribution in [-0.2, 0) is 30.8 Å². The van der Waals surface area contributed by atoms with Crippen LogP contribution in [0.25, 0.3) is 11.0 Å². The third-order valence-electron chi connectivity index (χ3n) is 6.55. The Kier molecular flexibility index (Phi) is 5.74. The average molecular weight is 435 g/mol. The van der Waals surface area contributed by atoms with Crippen LogP contribution in [0.4, 0.5) is 0 Å². The summed E-state index contributed by atoms with van der Waals surface area (Å²) < 4.78 is 9.01. The lowest BCUT2D eigenvalue weighted by atomic mass is 10.1. The van der Waals surface area contributed by atoms with Gasteiger partial charge in [0.05, 0.1) is 17.6 Å². The molecule has 2 aromatic carbocycles. The summed E-state index contributed by atoms with van der Waals surface area (Å²) in [6.07, 6.45) is 1.86. The molecule has 0 radical (unpaired) electrons. The number of ether oxygens (including phenoxy) is 1. The van der Waals surface area contributed by atoms with Crippen LogP contribution in [-0.4, -0.2) is 57.6 Å². The minimum absolute atomic E-state index is 0.0147. The van der Waals surface area contributed by atoms with E-state index in [0.717, 1.165) is 55.9 Å². The van der Waals surface area contributed by atoms with Crippen molar-refractivity contribution in [2.24, 2.45) is 0 Å². The quantitative estimate of drug-likeness (QED) is 0.598. The number of fused-ring (bicyclic) bond motifs is 2. The lowest BCUT2D eigenvalue weighted by Gasteiger charge is -2.34. The molecule has 7 heteroatoms. The summed E-state index contributed by atoms with van der Waals surface area (Å²) in [7, 11) is 0. The summed E-state index contributed by atoms with van der Waals surface area (Å²) >= 11 is 0. The summed E-state index contributed by atoms with van der Waals surface area (Å²) in [5, 5.41) is 0. The lowest BCUT2D eigenvalue weighted by molar-refractivity contribution is -0.133. The zero-order valence-electron chi connectivity index (χ0n) is 18.6. The summed E-state index contributed by atoms with van der Waals surface area (Å²) in [5.74, 6) is 1.03. The van der Waals surface area contributed by atoms with E-state index in [1.54, 1.807) is 9.13 Å². The molecule has 1 saturated heterocycles. The highest BCUT2D eigenvalue weighted by Gasteiger charge is 2.23. The van der Waals surface area contributed by atoms with E-state index in [0.29, 0.717) is 19.6 Å². The van der Waals surface area contributed by atoms with Crippen LogP contribution in [0.1, 0.15) is 24.5 Å². The van der Waals surface area contributed by atoms with Crippen molar-refractivity contribution < 1.29 is 9.53 Å². The van der Waals surface area contributed by atoms with Gasteiger partial charge in [-0.25, -0.2) is 4.79 Å². The van der Waals surface area contributed by atoms with E-state index in [-0.39, 0.29) is 18.1 Å². The highest BCUT2D eigenvalue weighted by Crippen LogP contribution is 2.26. The molecular weight excluding hydrogens is 404 g/mol. The van der Waals surface area contributed by atoms with E-state index in [1.807, 2.05) is 29.2 Å². The molecule has 2 aliphatic rings. The van der Waals surface area contributed by atoms with Crippen molar-refractivity contribution in [2.75, 3.05) is 32.8 Å². The Balaban J connectivity index is 1.23. The van der Waals surface area contributed by atoms with Gasteiger partial charge in [-0.15, -0.1) is 0 Å². The van der Waals surface area contributed by atoms with E-state index in [1.165, 1.54) is 11.1 Å². The van der Waals surface area contributed by atoms with E-state index in [2.05, 4.69) is 30.0 Å². The van der Waals surface area contributed by atoms with Gasteiger partial charge in [-0.1, -0.05) is 31.2 Å². The number of aryl methyl sites for hydroxylation is 1. The van der Waals surface area contributed by atoms with Crippen molar-refractivity contribution in [1.82, 2.24) is 18.9 Å². The van der Waals surface area contributed by atoms with Crippen molar-refractivity contribution in [1.29, 1.82) is 0 Å². The predicted molar refractivity (Wildman–Crippen MR) is 124 cm³/mol. The molecule has 0 N–H and O–H groups in total. The standard InChI is InChI=1S/C25H30N4O3/c1-2-10-28-21-5-3-4-6-22(21)29(25(28)31)18-24(30)27-13-11-26(12-14-27)17-19-7-8-23-20(16-19)9-15-32-23/h3-8,16H,2,9-15,17-18H2,1H3. The SMILES string of the molecule is CCCn1c(=O)n(CC(=O)N2CCN(Cc3ccc4c(c3)CCO4)CC2)c2ccccc21. The van der Waals surface area contributed by atoms with Gasteiger partial charge in [0.2, 0.25) is 5.91 Å². The van der Waals surface area contributed by atoms with Gasteiger partial charge in [-0.2, -0.15) is 0 Å². The maximum atomic E-state index is 13.0. The zero-order valence-corrected chi connectivity index (χ0v) is 18.6.